The summed E-state index contributed by atoms with van der Waals surface area (Å²) in [5.74, 6) is -0.485. The molecule has 0 radical (unpaired) electrons. The van der Waals surface area contributed by atoms with E-state index in [1.54, 1.807) is 31.2 Å². The fourth-order valence-corrected chi connectivity index (χ4v) is 5.85. The van der Waals surface area contributed by atoms with Gasteiger partial charge < -0.3 is 19.7 Å². The number of thiophene rings is 1. The number of likely N-dealkylation sites (tertiary alicyclic amines) is 1. The van der Waals surface area contributed by atoms with E-state index in [2.05, 4.69) is 5.32 Å². The van der Waals surface area contributed by atoms with Gasteiger partial charge in [0.05, 0.1) is 17.7 Å². The van der Waals surface area contributed by atoms with E-state index in [1.165, 1.54) is 11.3 Å². The fraction of sp³-hybridized carbons (Fsp3) is 0.500. The van der Waals surface area contributed by atoms with Crippen molar-refractivity contribution in [1.82, 2.24) is 4.90 Å². The molecule has 2 heterocycles. The molecule has 0 spiro atoms. The van der Waals surface area contributed by atoms with Crippen LogP contribution in [0, 0.1) is 0 Å². The molecule has 1 aliphatic carbocycles. The van der Waals surface area contributed by atoms with E-state index in [0.717, 1.165) is 74.9 Å². The molecule has 0 unspecified atom stereocenters. The van der Waals surface area contributed by atoms with Crippen molar-refractivity contribution in [3.05, 3.63) is 45.8 Å². The molecule has 1 saturated heterocycles. The zero-order valence-corrected chi connectivity index (χ0v) is 20.5. The second-order valence-corrected chi connectivity index (χ2v) is 9.77. The van der Waals surface area contributed by atoms with Gasteiger partial charge in [-0.05, 0) is 63.1 Å². The molecular weight excluding hydrogens is 452 g/mol. The molecule has 2 amide bonds. The van der Waals surface area contributed by atoms with E-state index in [1.807, 2.05) is 4.90 Å². The first-order valence-electron chi connectivity index (χ1n) is 12.2. The maximum Gasteiger partial charge on any atom is 0.341 e. The lowest BCUT2D eigenvalue weighted by Crippen LogP contribution is -2.35. The van der Waals surface area contributed by atoms with E-state index >= 15 is 0 Å². The third-order valence-electron chi connectivity index (χ3n) is 6.32. The molecule has 1 N–H and O–H groups in total. The number of hydrogen-bond acceptors (Lipinski definition) is 6. The van der Waals surface area contributed by atoms with Gasteiger partial charge in [-0.1, -0.05) is 25.0 Å². The van der Waals surface area contributed by atoms with Gasteiger partial charge in [0.1, 0.15) is 10.8 Å². The van der Waals surface area contributed by atoms with Crippen LogP contribution in [0.4, 0.5) is 5.00 Å². The Morgan fingerprint density at radius 2 is 1.74 bits per heavy atom. The quantitative estimate of drug-likeness (QED) is 0.569. The Kier molecular flexibility index (Phi) is 8.21. The maximum absolute atomic E-state index is 13.2. The highest BCUT2D eigenvalue weighted by Crippen LogP contribution is 2.39. The molecule has 4 rings (SSSR count). The third-order valence-corrected chi connectivity index (χ3v) is 7.53. The zero-order valence-electron chi connectivity index (χ0n) is 19.7. The molecule has 1 fully saturated rings. The van der Waals surface area contributed by atoms with Crippen LogP contribution in [0.25, 0.3) is 0 Å². The van der Waals surface area contributed by atoms with E-state index in [9.17, 15) is 14.4 Å². The second-order valence-electron chi connectivity index (χ2n) is 8.67. The van der Waals surface area contributed by atoms with Crippen molar-refractivity contribution in [2.75, 3.05) is 31.6 Å². The molecule has 1 aromatic heterocycles. The highest BCUT2D eigenvalue weighted by molar-refractivity contribution is 7.17. The summed E-state index contributed by atoms with van der Waals surface area (Å²) in [5, 5.41) is 3.45. The Morgan fingerprint density at radius 3 is 2.50 bits per heavy atom. The summed E-state index contributed by atoms with van der Waals surface area (Å²) in [4.78, 5) is 41.6. The van der Waals surface area contributed by atoms with Crippen molar-refractivity contribution in [3.63, 3.8) is 0 Å². The number of aryl methyl sites for hydroxylation is 1. The summed E-state index contributed by atoms with van der Waals surface area (Å²) in [6, 6.07) is 6.88. The van der Waals surface area contributed by atoms with Gasteiger partial charge in [0.15, 0.2) is 6.61 Å². The van der Waals surface area contributed by atoms with Gasteiger partial charge in [-0.25, -0.2) is 4.79 Å². The number of fused-ring (bicyclic) bond motifs is 1. The minimum atomic E-state index is -0.398. The average Bonchev–Trinajstić information content (AvgIpc) is 3.00. The number of amides is 2. The zero-order chi connectivity index (χ0) is 23.9. The molecule has 1 aliphatic heterocycles. The number of benzene rings is 1. The molecule has 0 saturated carbocycles. The van der Waals surface area contributed by atoms with Crippen molar-refractivity contribution in [2.24, 2.45) is 0 Å². The van der Waals surface area contributed by atoms with Crippen LogP contribution in [-0.4, -0.2) is 49.0 Å². The van der Waals surface area contributed by atoms with Gasteiger partial charge in [0, 0.05) is 18.0 Å². The summed E-state index contributed by atoms with van der Waals surface area (Å²) in [5.41, 5.74) is 1.80. The van der Waals surface area contributed by atoms with Crippen LogP contribution in [0.1, 0.15) is 76.6 Å². The molecule has 8 heteroatoms. The third kappa shape index (κ3) is 5.60. The number of carbonyl (C=O) groups is 3. The number of rotatable bonds is 7. The van der Waals surface area contributed by atoms with E-state index in [0.29, 0.717) is 21.9 Å². The number of anilines is 1. The van der Waals surface area contributed by atoms with Crippen LogP contribution in [0.2, 0.25) is 0 Å². The van der Waals surface area contributed by atoms with Crippen molar-refractivity contribution in [1.29, 1.82) is 0 Å². The number of ether oxygens (including phenoxy) is 2. The SMILES string of the molecule is CCOC(=O)c1c(NC(=O)c2ccccc2OCC(=O)N2CCCCCC2)sc2c1CCCC2. The second kappa shape index (κ2) is 11.5. The predicted octanol–water partition coefficient (Wildman–Crippen LogP) is 4.84. The van der Waals surface area contributed by atoms with Gasteiger partial charge in [-0.15, -0.1) is 11.3 Å². The Balaban J connectivity index is 1.49. The highest BCUT2D eigenvalue weighted by atomic mass is 32.1. The van der Waals surface area contributed by atoms with Crippen LogP contribution in [0.5, 0.6) is 5.75 Å². The average molecular weight is 485 g/mol. The fourth-order valence-electron chi connectivity index (χ4n) is 4.57. The normalized spacial score (nSPS) is 15.7. The Hall–Kier alpha value is -2.87. The lowest BCUT2D eigenvalue weighted by Gasteiger charge is -2.20. The Morgan fingerprint density at radius 1 is 1.00 bits per heavy atom. The minimum absolute atomic E-state index is 0.0624. The first-order valence-corrected chi connectivity index (χ1v) is 13.0. The number of nitrogens with one attached hydrogen (secondary N) is 1. The van der Waals surface area contributed by atoms with Gasteiger partial charge in [-0.3, -0.25) is 9.59 Å². The number of esters is 1. The lowest BCUT2D eigenvalue weighted by molar-refractivity contribution is -0.133. The summed E-state index contributed by atoms with van der Waals surface area (Å²) in [7, 11) is 0. The summed E-state index contributed by atoms with van der Waals surface area (Å²) in [6.45, 7) is 3.45. The van der Waals surface area contributed by atoms with Crippen LogP contribution in [-0.2, 0) is 22.4 Å². The van der Waals surface area contributed by atoms with Crippen molar-refractivity contribution < 1.29 is 23.9 Å². The molecule has 1 aromatic carbocycles. The summed E-state index contributed by atoms with van der Waals surface area (Å²) < 4.78 is 11.1. The summed E-state index contributed by atoms with van der Waals surface area (Å²) >= 11 is 1.45. The predicted molar refractivity (Wildman–Crippen MR) is 132 cm³/mol. The topological polar surface area (TPSA) is 84.9 Å². The van der Waals surface area contributed by atoms with Gasteiger partial charge in [0.25, 0.3) is 11.8 Å². The van der Waals surface area contributed by atoms with E-state index in [4.69, 9.17) is 9.47 Å². The van der Waals surface area contributed by atoms with Gasteiger partial charge >= 0.3 is 5.97 Å². The molecule has 2 aromatic rings. The van der Waals surface area contributed by atoms with Crippen LogP contribution < -0.4 is 10.1 Å². The first-order chi connectivity index (χ1) is 16.6. The number of carbonyl (C=O) groups excluding carboxylic acids is 3. The number of nitrogens with zero attached hydrogens (tertiary/aromatic N) is 1. The van der Waals surface area contributed by atoms with Gasteiger partial charge in [-0.2, -0.15) is 0 Å². The number of hydrogen-bond donors (Lipinski definition) is 1. The monoisotopic (exact) mass is 484 g/mol. The van der Waals surface area contributed by atoms with Crippen LogP contribution in [0.3, 0.4) is 0 Å². The lowest BCUT2D eigenvalue weighted by atomic mass is 9.95. The van der Waals surface area contributed by atoms with Gasteiger partial charge in [0.2, 0.25) is 0 Å². The van der Waals surface area contributed by atoms with Crippen LogP contribution in [0.15, 0.2) is 24.3 Å². The maximum atomic E-state index is 13.2. The Bertz CT molecular complexity index is 1040. The van der Waals surface area contributed by atoms with Crippen LogP contribution >= 0.6 is 11.3 Å². The van der Waals surface area contributed by atoms with Crippen molar-refractivity contribution >= 4 is 34.1 Å². The molecule has 7 nitrogen and oxygen atoms in total. The first kappa shape index (κ1) is 24.3. The molecular formula is C26H32N2O5S. The molecule has 2 aliphatic rings. The number of para-hydroxylation sites is 1. The molecule has 0 atom stereocenters. The van der Waals surface area contributed by atoms with Crippen molar-refractivity contribution in [3.8, 4) is 5.75 Å². The molecule has 0 bridgehead atoms. The smallest absolute Gasteiger partial charge is 0.341 e. The standard InChI is InChI=1S/C26H32N2O5S/c1-2-32-26(31)23-19-12-6-8-14-21(19)34-25(23)27-24(30)18-11-5-7-13-20(18)33-17-22(29)28-15-9-3-4-10-16-28/h5,7,11,13H,2-4,6,8-10,12,14-17H2,1H3,(H,27,30). The van der Waals surface area contributed by atoms with Crippen molar-refractivity contribution in [2.45, 2.75) is 58.3 Å². The largest absolute Gasteiger partial charge is 0.483 e. The summed E-state index contributed by atoms with van der Waals surface area (Å²) in [6.07, 6.45) is 8.13. The van der Waals surface area contributed by atoms with E-state index in [-0.39, 0.29) is 25.0 Å². The highest BCUT2D eigenvalue weighted by Gasteiger charge is 2.28. The van der Waals surface area contributed by atoms with E-state index < -0.39 is 5.97 Å². The minimum Gasteiger partial charge on any atom is -0.483 e. The molecule has 34 heavy (non-hydrogen) atoms. The Labute approximate surface area is 204 Å². The molecule has 182 valence electrons.